The molecule has 2 heterocycles. The summed E-state index contributed by atoms with van der Waals surface area (Å²) in [6.07, 6.45) is 1.73. The Morgan fingerprint density at radius 1 is 1.11 bits per heavy atom. The van der Waals surface area contributed by atoms with Crippen molar-refractivity contribution >= 4 is 11.8 Å². The lowest BCUT2D eigenvalue weighted by molar-refractivity contribution is 0.994. The van der Waals surface area contributed by atoms with Crippen molar-refractivity contribution in [3.8, 4) is 0 Å². The van der Waals surface area contributed by atoms with Gasteiger partial charge in [0.05, 0.1) is 12.2 Å². The Hall–Kier alpha value is -2.17. The Bertz CT molecular complexity index is 512. The van der Waals surface area contributed by atoms with Crippen molar-refractivity contribution in [2.45, 2.75) is 20.4 Å². The van der Waals surface area contributed by atoms with E-state index in [1.54, 1.807) is 6.20 Å². The average molecular weight is 243 g/mol. The molecule has 0 bridgehead atoms. The van der Waals surface area contributed by atoms with Gasteiger partial charge >= 0.3 is 0 Å². The minimum atomic E-state index is 0.639. The van der Waals surface area contributed by atoms with Gasteiger partial charge in [-0.05, 0) is 32.0 Å². The lowest BCUT2D eigenvalue weighted by Gasteiger charge is -2.07. The van der Waals surface area contributed by atoms with Gasteiger partial charge < -0.3 is 10.6 Å². The molecule has 2 aromatic rings. The second-order valence-corrected chi connectivity index (χ2v) is 3.92. The predicted molar refractivity (Wildman–Crippen MR) is 72.5 cm³/mol. The molecule has 2 aromatic heterocycles. The third-order valence-corrected chi connectivity index (χ3v) is 2.39. The number of nitrogens with zero attached hydrogens (tertiary/aromatic N) is 3. The summed E-state index contributed by atoms with van der Waals surface area (Å²) in [5, 5.41) is 6.31. The van der Waals surface area contributed by atoms with Crippen LogP contribution < -0.4 is 10.6 Å². The molecule has 0 unspecified atom stereocenters. The Morgan fingerprint density at radius 3 is 2.78 bits per heavy atom. The average Bonchev–Trinajstić information content (AvgIpc) is 2.37. The van der Waals surface area contributed by atoms with Gasteiger partial charge in [-0.2, -0.15) is 4.98 Å². The maximum Gasteiger partial charge on any atom is 0.224 e. The first-order valence-electron chi connectivity index (χ1n) is 6.01. The van der Waals surface area contributed by atoms with Crippen LogP contribution in [0.5, 0.6) is 0 Å². The van der Waals surface area contributed by atoms with E-state index < -0.39 is 0 Å². The second-order valence-electron chi connectivity index (χ2n) is 3.92. The molecular weight excluding hydrogens is 226 g/mol. The SMILES string of the molecule is CCNc1nccc(NCc2cccc(C)n2)n1. The van der Waals surface area contributed by atoms with E-state index in [1.165, 1.54) is 0 Å². The lowest BCUT2D eigenvalue weighted by Crippen LogP contribution is -2.07. The lowest BCUT2D eigenvalue weighted by atomic mass is 10.3. The Labute approximate surface area is 107 Å². The molecule has 5 nitrogen and oxygen atoms in total. The van der Waals surface area contributed by atoms with Gasteiger partial charge in [0.25, 0.3) is 0 Å². The van der Waals surface area contributed by atoms with Crippen LogP contribution in [0.2, 0.25) is 0 Å². The third-order valence-electron chi connectivity index (χ3n) is 2.39. The van der Waals surface area contributed by atoms with E-state index in [-0.39, 0.29) is 0 Å². The Kier molecular flexibility index (Phi) is 4.06. The molecule has 0 aliphatic rings. The van der Waals surface area contributed by atoms with Crippen LogP contribution in [0.4, 0.5) is 11.8 Å². The highest BCUT2D eigenvalue weighted by Crippen LogP contribution is 2.07. The van der Waals surface area contributed by atoms with Gasteiger partial charge in [-0.1, -0.05) is 6.07 Å². The number of hydrogen-bond donors (Lipinski definition) is 2. The number of pyridine rings is 1. The highest BCUT2D eigenvalue weighted by atomic mass is 15.1. The van der Waals surface area contributed by atoms with Crippen LogP contribution in [0.25, 0.3) is 0 Å². The number of aromatic nitrogens is 3. The van der Waals surface area contributed by atoms with Crippen molar-refractivity contribution in [1.82, 2.24) is 15.0 Å². The minimum Gasteiger partial charge on any atom is -0.364 e. The summed E-state index contributed by atoms with van der Waals surface area (Å²) in [7, 11) is 0. The normalized spacial score (nSPS) is 10.1. The standard InChI is InChI=1S/C13H17N5/c1-3-14-13-15-8-7-12(18-13)16-9-11-6-4-5-10(2)17-11/h4-8H,3,9H2,1-2H3,(H2,14,15,16,18). The van der Waals surface area contributed by atoms with E-state index in [9.17, 15) is 0 Å². The molecule has 0 spiro atoms. The summed E-state index contributed by atoms with van der Waals surface area (Å²) >= 11 is 0. The van der Waals surface area contributed by atoms with Crippen LogP contribution >= 0.6 is 0 Å². The zero-order chi connectivity index (χ0) is 12.8. The fraction of sp³-hybridized carbons (Fsp3) is 0.308. The van der Waals surface area contributed by atoms with Crippen molar-refractivity contribution in [3.63, 3.8) is 0 Å². The van der Waals surface area contributed by atoms with Crippen LogP contribution in [-0.2, 0) is 6.54 Å². The number of anilines is 2. The molecule has 0 saturated heterocycles. The topological polar surface area (TPSA) is 62.7 Å². The zero-order valence-corrected chi connectivity index (χ0v) is 10.6. The molecule has 2 N–H and O–H groups in total. The zero-order valence-electron chi connectivity index (χ0n) is 10.6. The first kappa shape index (κ1) is 12.3. The monoisotopic (exact) mass is 243 g/mol. The largest absolute Gasteiger partial charge is 0.364 e. The Balaban J connectivity index is 1.99. The van der Waals surface area contributed by atoms with Gasteiger partial charge in [0.15, 0.2) is 0 Å². The number of rotatable bonds is 5. The van der Waals surface area contributed by atoms with E-state index >= 15 is 0 Å². The molecule has 0 aliphatic carbocycles. The molecule has 0 amide bonds. The van der Waals surface area contributed by atoms with Crippen molar-refractivity contribution in [3.05, 3.63) is 41.9 Å². The molecule has 0 atom stereocenters. The quantitative estimate of drug-likeness (QED) is 0.843. The summed E-state index contributed by atoms with van der Waals surface area (Å²) in [5.41, 5.74) is 2.02. The van der Waals surface area contributed by atoms with Crippen LogP contribution in [0, 0.1) is 6.92 Å². The highest BCUT2D eigenvalue weighted by molar-refractivity contribution is 5.39. The van der Waals surface area contributed by atoms with Gasteiger partial charge in [-0.15, -0.1) is 0 Å². The number of nitrogens with one attached hydrogen (secondary N) is 2. The first-order chi connectivity index (χ1) is 8.78. The van der Waals surface area contributed by atoms with Crippen LogP contribution in [0.3, 0.4) is 0 Å². The van der Waals surface area contributed by atoms with Gasteiger partial charge in [0, 0.05) is 18.4 Å². The first-order valence-corrected chi connectivity index (χ1v) is 6.01. The molecule has 0 aromatic carbocycles. The molecule has 2 rings (SSSR count). The summed E-state index contributed by atoms with van der Waals surface area (Å²) in [4.78, 5) is 12.9. The van der Waals surface area contributed by atoms with Crippen molar-refractivity contribution < 1.29 is 0 Å². The number of hydrogen-bond acceptors (Lipinski definition) is 5. The van der Waals surface area contributed by atoms with E-state index in [1.807, 2.05) is 38.1 Å². The Morgan fingerprint density at radius 2 is 2.00 bits per heavy atom. The fourth-order valence-electron chi connectivity index (χ4n) is 1.58. The van der Waals surface area contributed by atoms with Gasteiger partial charge in [-0.3, -0.25) is 4.98 Å². The molecule has 0 saturated carbocycles. The molecule has 0 radical (unpaired) electrons. The van der Waals surface area contributed by atoms with Gasteiger partial charge in [0.1, 0.15) is 5.82 Å². The molecule has 0 aliphatic heterocycles. The summed E-state index contributed by atoms with van der Waals surface area (Å²) in [5.74, 6) is 1.43. The third kappa shape index (κ3) is 3.41. The van der Waals surface area contributed by atoms with E-state index in [0.29, 0.717) is 12.5 Å². The second kappa shape index (κ2) is 5.95. The molecular formula is C13H17N5. The van der Waals surface area contributed by atoms with E-state index in [0.717, 1.165) is 23.8 Å². The molecule has 0 fully saturated rings. The van der Waals surface area contributed by atoms with E-state index in [4.69, 9.17) is 0 Å². The molecule has 18 heavy (non-hydrogen) atoms. The van der Waals surface area contributed by atoms with Crippen LogP contribution in [0.15, 0.2) is 30.5 Å². The van der Waals surface area contributed by atoms with Crippen LogP contribution in [-0.4, -0.2) is 21.5 Å². The van der Waals surface area contributed by atoms with Crippen molar-refractivity contribution in [2.75, 3.05) is 17.2 Å². The minimum absolute atomic E-state index is 0.639. The maximum absolute atomic E-state index is 4.43. The summed E-state index contributed by atoms with van der Waals surface area (Å²) in [6, 6.07) is 7.82. The van der Waals surface area contributed by atoms with E-state index in [2.05, 4.69) is 25.6 Å². The van der Waals surface area contributed by atoms with Gasteiger partial charge in [-0.25, -0.2) is 4.98 Å². The summed E-state index contributed by atoms with van der Waals surface area (Å²) < 4.78 is 0. The smallest absolute Gasteiger partial charge is 0.224 e. The molecule has 5 heteroatoms. The van der Waals surface area contributed by atoms with Crippen molar-refractivity contribution in [1.29, 1.82) is 0 Å². The summed E-state index contributed by atoms with van der Waals surface area (Å²) in [6.45, 7) is 5.46. The molecule has 94 valence electrons. The fourth-order valence-corrected chi connectivity index (χ4v) is 1.58. The number of aryl methyl sites for hydroxylation is 1. The predicted octanol–water partition coefficient (Wildman–Crippen LogP) is 2.22. The van der Waals surface area contributed by atoms with Crippen LogP contribution in [0.1, 0.15) is 18.3 Å². The van der Waals surface area contributed by atoms with Crippen molar-refractivity contribution in [2.24, 2.45) is 0 Å². The van der Waals surface area contributed by atoms with Gasteiger partial charge in [0.2, 0.25) is 5.95 Å². The highest BCUT2D eigenvalue weighted by Gasteiger charge is 1.99. The maximum atomic E-state index is 4.43.